The zero-order chi connectivity index (χ0) is 20.1. The predicted molar refractivity (Wildman–Crippen MR) is 112 cm³/mol. The normalized spacial score (nSPS) is 10.7. The number of benzene rings is 2. The lowest BCUT2D eigenvalue weighted by Crippen LogP contribution is -2.26. The molecule has 0 bridgehead atoms. The van der Waals surface area contributed by atoms with E-state index in [1.165, 1.54) is 28.5 Å². The first-order valence-corrected chi connectivity index (χ1v) is 9.89. The second-order valence-electron chi connectivity index (χ2n) is 5.73. The molecule has 0 aliphatic carbocycles. The summed E-state index contributed by atoms with van der Waals surface area (Å²) in [6.45, 7) is 3.96. The summed E-state index contributed by atoms with van der Waals surface area (Å²) < 4.78 is 14.5. The summed E-state index contributed by atoms with van der Waals surface area (Å²) in [5, 5.41) is 12.4. The van der Waals surface area contributed by atoms with E-state index < -0.39 is 0 Å². The maximum Gasteiger partial charge on any atom is 0.297 e. The highest BCUT2D eigenvalue weighted by Gasteiger charge is 2.13. The van der Waals surface area contributed by atoms with Gasteiger partial charge in [0, 0.05) is 28.0 Å². The summed E-state index contributed by atoms with van der Waals surface area (Å²) in [7, 11) is 0. The number of hydrogen-bond acceptors (Lipinski definition) is 5. The fourth-order valence-corrected chi connectivity index (χ4v) is 3.80. The molecule has 0 fully saturated rings. The molecule has 5 nitrogen and oxygen atoms in total. The molecule has 0 atom stereocenters. The Morgan fingerprint density at radius 2 is 1.82 bits per heavy atom. The third-order valence-corrected chi connectivity index (χ3v) is 5.11. The molecular formula is C19H15Cl2FN4OS. The number of nitrogens with zero attached hydrogens (tertiary/aromatic N) is 3. The molecule has 1 heterocycles. The Morgan fingerprint density at radius 3 is 2.46 bits per heavy atom. The molecule has 3 rings (SSSR count). The molecule has 28 heavy (non-hydrogen) atoms. The number of allylic oxidation sites excluding steroid dienone is 1. The summed E-state index contributed by atoms with van der Waals surface area (Å²) in [6, 6.07) is 11.0. The van der Waals surface area contributed by atoms with Gasteiger partial charge in [-0.2, -0.15) is 0 Å². The zero-order valence-corrected chi connectivity index (χ0v) is 16.9. The number of rotatable bonds is 7. The topological polar surface area (TPSA) is 59.8 Å². The Labute approximate surface area is 175 Å². The predicted octanol–water partition coefficient (Wildman–Crippen LogP) is 5.31. The molecule has 0 saturated carbocycles. The second kappa shape index (κ2) is 9.23. The fraction of sp³-hybridized carbons (Fsp3) is 0.105. The molecule has 9 heteroatoms. The van der Waals surface area contributed by atoms with Crippen molar-refractivity contribution in [3.8, 4) is 0 Å². The average Bonchev–Trinajstić information content (AvgIpc) is 2.65. The van der Waals surface area contributed by atoms with Gasteiger partial charge in [0.2, 0.25) is 5.82 Å². The molecule has 0 amide bonds. The van der Waals surface area contributed by atoms with Crippen molar-refractivity contribution in [3.05, 3.63) is 86.9 Å². The number of anilines is 2. The van der Waals surface area contributed by atoms with Crippen LogP contribution in [0.4, 0.5) is 15.9 Å². The van der Waals surface area contributed by atoms with E-state index >= 15 is 0 Å². The summed E-state index contributed by atoms with van der Waals surface area (Å²) in [6.07, 6.45) is 1.60. The molecule has 0 unspecified atom stereocenters. The van der Waals surface area contributed by atoms with Gasteiger partial charge in [0.15, 0.2) is 5.16 Å². The standard InChI is InChI=1S/C19H15Cl2FN4OS/c1-2-7-26-18(27)17(23-16-9-13(20)8-14(21)10-16)24-25-19(26)28-11-12-3-5-15(22)6-4-12/h2-6,8-10H,1,7,11H2,(H,23,24). The Balaban J connectivity index is 1.86. The Kier molecular flexibility index (Phi) is 6.72. The van der Waals surface area contributed by atoms with Crippen molar-refractivity contribution in [2.45, 2.75) is 17.5 Å². The number of halogens is 3. The van der Waals surface area contributed by atoms with Crippen molar-refractivity contribution in [2.24, 2.45) is 0 Å². The van der Waals surface area contributed by atoms with Crippen LogP contribution >= 0.6 is 35.0 Å². The number of aromatic nitrogens is 3. The monoisotopic (exact) mass is 436 g/mol. The average molecular weight is 437 g/mol. The van der Waals surface area contributed by atoms with Crippen LogP contribution in [0.1, 0.15) is 5.56 Å². The van der Waals surface area contributed by atoms with Gasteiger partial charge in [0.25, 0.3) is 5.56 Å². The first-order valence-electron chi connectivity index (χ1n) is 8.15. The molecule has 0 spiro atoms. The van der Waals surface area contributed by atoms with Gasteiger partial charge in [-0.15, -0.1) is 16.8 Å². The molecular weight excluding hydrogens is 422 g/mol. The smallest absolute Gasteiger partial charge is 0.297 e. The van der Waals surface area contributed by atoms with Gasteiger partial charge in [0.1, 0.15) is 5.82 Å². The third kappa shape index (κ3) is 5.13. The number of hydrogen-bond donors (Lipinski definition) is 1. The highest BCUT2D eigenvalue weighted by atomic mass is 35.5. The molecule has 1 aromatic heterocycles. The molecule has 0 radical (unpaired) electrons. The quantitative estimate of drug-likeness (QED) is 0.401. The second-order valence-corrected chi connectivity index (χ2v) is 7.55. The van der Waals surface area contributed by atoms with E-state index in [0.717, 1.165) is 5.56 Å². The van der Waals surface area contributed by atoms with Crippen LogP contribution in [0.2, 0.25) is 10.0 Å². The van der Waals surface area contributed by atoms with E-state index in [-0.39, 0.29) is 23.7 Å². The van der Waals surface area contributed by atoms with Crippen LogP contribution in [0.25, 0.3) is 0 Å². The van der Waals surface area contributed by atoms with Crippen molar-refractivity contribution < 1.29 is 4.39 Å². The summed E-state index contributed by atoms with van der Waals surface area (Å²) in [5.74, 6) is 0.266. The first kappa shape index (κ1) is 20.4. The van der Waals surface area contributed by atoms with Gasteiger partial charge in [-0.25, -0.2) is 4.39 Å². The van der Waals surface area contributed by atoms with Crippen LogP contribution in [-0.2, 0) is 12.3 Å². The van der Waals surface area contributed by atoms with Gasteiger partial charge in [-0.05, 0) is 35.9 Å². The molecule has 144 valence electrons. The van der Waals surface area contributed by atoms with Gasteiger partial charge >= 0.3 is 0 Å². The fourth-order valence-electron chi connectivity index (χ4n) is 2.37. The highest BCUT2D eigenvalue weighted by Crippen LogP contribution is 2.24. The van der Waals surface area contributed by atoms with E-state index in [2.05, 4.69) is 22.1 Å². The van der Waals surface area contributed by atoms with Crippen LogP contribution in [0.3, 0.4) is 0 Å². The van der Waals surface area contributed by atoms with E-state index in [4.69, 9.17) is 23.2 Å². The Hall–Kier alpha value is -2.35. The lowest BCUT2D eigenvalue weighted by Gasteiger charge is -2.12. The minimum Gasteiger partial charge on any atom is -0.334 e. The van der Waals surface area contributed by atoms with Crippen molar-refractivity contribution in [1.82, 2.24) is 14.8 Å². The number of nitrogens with one attached hydrogen (secondary N) is 1. The minimum absolute atomic E-state index is 0.0475. The Morgan fingerprint density at radius 1 is 1.14 bits per heavy atom. The largest absolute Gasteiger partial charge is 0.334 e. The van der Waals surface area contributed by atoms with Crippen LogP contribution in [-0.4, -0.2) is 14.8 Å². The molecule has 3 aromatic rings. The molecule has 2 aromatic carbocycles. The summed E-state index contributed by atoms with van der Waals surface area (Å²) >= 11 is 13.3. The van der Waals surface area contributed by atoms with Crippen molar-refractivity contribution in [3.63, 3.8) is 0 Å². The van der Waals surface area contributed by atoms with Crippen LogP contribution < -0.4 is 10.9 Å². The van der Waals surface area contributed by atoms with E-state index in [0.29, 0.717) is 26.6 Å². The van der Waals surface area contributed by atoms with Gasteiger partial charge < -0.3 is 5.32 Å². The SMILES string of the molecule is C=CCn1c(SCc2ccc(F)cc2)nnc(Nc2cc(Cl)cc(Cl)c2)c1=O. The lowest BCUT2D eigenvalue weighted by molar-refractivity contribution is 0.625. The molecule has 0 aliphatic heterocycles. The van der Waals surface area contributed by atoms with Crippen LogP contribution in [0.5, 0.6) is 0 Å². The van der Waals surface area contributed by atoms with E-state index in [1.807, 2.05) is 0 Å². The molecule has 1 N–H and O–H groups in total. The van der Waals surface area contributed by atoms with Gasteiger partial charge in [0.05, 0.1) is 0 Å². The summed E-state index contributed by atoms with van der Waals surface area (Å²) in [5.41, 5.74) is 1.08. The first-order chi connectivity index (χ1) is 13.5. The van der Waals surface area contributed by atoms with Crippen LogP contribution in [0, 0.1) is 5.82 Å². The highest BCUT2D eigenvalue weighted by molar-refractivity contribution is 7.98. The van der Waals surface area contributed by atoms with Gasteiger partial charge in [-0.1, -0.05) is 53.2 Å². The van der Waals surface area contributed by atoms with Crippen molar-refractivity contribution in [2.75, 3.05) is 5.32 Å². The van der Waals surface area contributed by atoms with E-state index in [9.17, 15) is 9.18 Å². The Bertz CT molecular complexity index is 1040. The van der Waals surface area contributed by atoms with Crippen LogP contribution in [0.15, 0.2) is 65.1 Å². The zero-order valence-electron chi connectivity index (χ0n) is 14.5. The van der Waals surface area contributed by atoms with E-state index in [1.54, 1.807) is 36.4 Å². The maximum atomic E-state index is 13.0. The lowest BCUT2D eigenvalue weighted by atomic mass is 10.2. The maximum absolute atomic E-state index is 13.0. The van der Waals surface area contributed by atoms with Gasteiger partial charge in [-0.3, -0.25) is 9.36 Å². The van der Waals surface area contributed by atoms with Crippen molar-refractivity contribution in [1.29, 1.82) is 0 Å². The minimum atomic E-state index is -0.354. The third-order valence-electron chi connectivity index (χ3n) is 3.63. The summed E-state index contributed by atoms with van der Waals surface area (Å²) in [4.78, 5) is 12.8. The molecule has 0 saturated heterocycles. The molecule has 0 aliphatic rings. The number of thioether (sulfide) groups is 1. The van der Waals surface area contributed by atoms with Crippen molar-refractivity contribution >= 4 is 46.5 Å².